The number of carbonyl (C=O) groups is 1. The van der Waals surface area contributed by atoms with Crippen LogP contribution in [0.5, 0.6) is 0 Å². The third-order valence-corrected chi connectivity index (χ3v) is 5.78. The molecule has 0 radical (unpaired) electrons. The Hall–Kier alpha value is -1.47. The third kappa shape index (κ3) is 3.15. The van der Waals surface area contributed by atoms with Crippen LogP contribution in [0.25, 0.3) is 0 Å². The molecule has 1 amide bonds. The largest absolute Gasteiger partial charge is 0.326 e. The Labute approximate surface area is 129 Å². The van der Waals surface area contributed by atoms with E-state index in [0.29, 0.717) is 18.3 Å². The topological polar surface area (TPSA) is 89.3 Å². The lowest BCUT2D eigenvalue weighted by molar-refractivity contribution is -0.117. The summed E-state index contributed by atoms with van der Waals surface area (Å²) in [6.45, 7) is 0. The Bertz CT molecular complexity index is 705. The van der Waals surface area contributed by atoms with Crippen molar-refractivity contribution < 1.29 is 17.6 Å². The third-order valence-electron chi connectivity index (χ3n) is 4.85. The molecule has 2 fully saturated rings. The minimum Gasteiger partial charge on any atom is -0.326 e. The maximum atomic E-state index is 13.5. The van der Waals surface area contributed by atoms with Crippen LogP contribution < -0.4 is 10.5 Å². The zero-order valence-corrected chi connectivity index (χ0v) is 12.9. The highest BCUT2D eigenvalue weighted by Gasteiger charge is 2.40. The van der Waals surface area contributed by atoms with Crippen molar-refractivity contribution in [3.8, 4) is 0 Å². The van der Waals surface area contributed by atoms with E-state index >= 15 is 0 Å². The normalized spacial score (nSPS) is 27.1. The standard InChI is InChI=1S/C15H19FN2O3S/c16-13-4-3-12(8-14(13)22(17,20)21)18-15(19)7-11-6-9-1-2-10(11)5-9/h3-4,8-11H,1-2,5-7H2,(H,18,19)(H2,17,20,21)/t9-,10-,11-/m0/s1. The molecule has 3 N–H and O–H groups in total. The number of rotatable bonds is 4. The van der Waals surface area contributed by atoms with Gasteiger partial charge >= 0.3 is 0 Å². The lowest BCUT2D eigenvalue weighted by Crippen LogP contribution is -2.21. The zero-order chi connectivity index (χ0) is 15.9. The Kier molecular flexibility index (Phi) is 3.94. The highest BCUT2D eigenvalue weighted by molar-refractivity contribution is 7.89. The van der Waals surface area contributed by atoms with E-state index in [1.54, 1.807) is 0 Å². The molecule has 3 rings (SSSR count). The first-order chi connectivity index (χ1) is 10.3. The van der Waals surface area contributed by atoms with Crippen molar-refractivity contribution >= 4 is 21.6 Å². The number of anilines is 1. The van der Waals surface area contributed by atoms with Gasteiger partial charge in [-0.05, 0) is 55.2 Å². The smallest absolute Gasteiger partial charge is 0.241 e. The van der Waals surface area contributed by atoms with Crippen LogP contribution in [0.15, 0.2) is 23.1 Å². The number of benzene rings is 1. The maximum Gasteiger partial charge on any atom is 0.241 e. The Morgan fingerprint density at radius 3 is 2.68 bits per heavy atom. The maximum absolute atomic E-state index is 13.5. The minimum absolute atomic E-state index is 0.162. The average molecular weight is 326 g/mol. The van der Waals surface area contributed by atoms with Crippen LogP contribution in [0.1, 0.15) is 32.1 Å². The van der Waals surface area contributed by atoms with Gasteiger partial charge in [-0.15, -0.1) is 0 Å². The van der Waals surface area contributed by atoms with Gasteiger partial charge in [0.1, 0.15) is 10.7 Å². The summed E-state index contributed by atoms with van der Waals surface area (Å²) in [6.07, 6.45) is 5.24. The summed E-state index contributed by atoms with van der Waals surface area (Å²) in [4.78, 5) is 11.5. The van der Waals surface area contributed by atoms with Gasteiger partial charge in [0.25, 0.3) is 0 Å². The van der Waals surface area contributed by atoms with Crippen molar-refractivity contribution in [2.75, 3.05) is 5.32 Å². The van der Waals surface area contributed by atoms with Crippen LogP contribution in [0.3, 0.4) is 0 Å². The molecular weight excluding hydrogens is 307 g/mol. The molecule has 22 heavy (non-hydrogen) atoms. The minimum atomic E-state index is -4.15. The number of nitrogens with two attached hydrogens (primary N) is 1. The van der Waals surface area contributed by atoms with Gasteiger partial charge in [-0.2, -0.15) is 0 Å². The van der Waals surface area contributed by atoms with E-state index in [1.165, 1.54) is 25.3 Å². The van der Waals surface area contributed by atoms with E-state index in [4.69, 9.17) is 5.14 Å². The van der Waals surface area contributed by atoms with Gasteiger partial charge in [0, 0.05) is 12.1 Å². The average Bonchev–Trinajstić information content (AvgIpc) is 3.02. The Balaban J connectivity index is 1.67. The molecule has 3 atom stereocenters. The van der Waals surface area contributed by atoms with Gasteiger partial charge in [0.05, 0.1) is 0 Å². The summed E-state index contributed by atoms with van der Waals surface area (Å²) < 4.78 is 36.0. The lowest BCUT2D eigenvalue weighted by Gasteiger charge is -2.21. The van der Waals surface area contributed by atoms with Crippen LogP contribution in [0.2, 0.25) is 0 Å². The Morgan fingerprint density at radius 2 is 2.09 bits per heavy atom. The molecule has 0 heterocycles. The second-order valence-corrected chi connectivity index (χ2v) is 7.91. The lowest BCUT2D eigenvalue weighted by atomic mass is 9.86. The summed E-state index contributed by atoms with van der Waals surface area (Å²) in [6, 6.07) is 3.39. The second-order valence-electron chi connectivity index (χ2n) is 6.38. The van der Waals surface area contributed by atoms with Crippen molar-refractivity contribution in [3.05, 3.63) is 24.0 Å². The molecule has 0 aromatic heterocycles. The summed E-state index contributed by atoms with van der Waals surface area (Å²) in [5, 5.41) is 7.59. The van der Waals surface area contributed by atoms with Crippen molar-refractivity contribution in [2.45, 2.75) is 37.0 Å². The fourth-order valence-electron chi connectivity index (χ4n) is 3.88. The first-order valence-corrected chi connectivity index (χ1v) is 9.00. The zero-order valence-electron chi connectivity index (χ0n) is 12.1. The number of fused-ring (bicyclic) bond motifs is 2. The molecule has 120 valence electrons. The summed E-state index contributed by atoms with van der Waals surface area (Å²) in [5.74, 6) is 0.738. The molecule has 1 aromatic carbocycles. The van der Waals surface area contributed by atoms with Crippen LogP contribution in [-0.2, 0) is 14.8 Å². The molecule has 0 saturated heterocycles. The summed E-state index contributed by atoms with van der Waals surface area (Å²) in [5.41, 5.74) is 0.249. The molecular formula is C15H19FN2O3S. The highest BCUT2D eigenvalue weighted by Crippen LogP contribution is 2.49. The van der Waals surface area contributed by atoms with E-state index in [9.17, 15) is 17.6 Å². The molecule has 2 aliphatic carbocycles. The van der Waals surface area contributed by atoms with Crippen molar-refractivity contribution in [3.63, 3.8) is 0 Å². The van der Waals surface area contributed by atoms with Gasteiger partial charge in [-0.3, -0.25) is 4.79 Å². The number of amides is 1. The first-order valence-electron chi connectivity index (χ1n) is 7.45. The van der Waals surface area contributed by atoms with E-state index in [2.05, 4.69) is 5.32 Å². The van der Waals surface area contributed by atoms with Crippen LogP contribution in [0.4, 0.5) is 10.1 Å². The van der Waals surface area contributed by atoms with Crippen LogP contribution in [0, 0.1) is 23.6 Å². The van der Waals surface area contributed by atoms with E-state index in [-0.39, 0.29) is 11.6 Å². The number of sulfonamides is 1. The molecule has 0 spiro atoms. The van der Waals surface area contributed by atoms with Gasteiger partial charge in [0.2, 0.25) is 15.9 Å². The number of hydrogen-bond donors (Lipinski definition) is 2. The summed E-state index contributed by atoms with van der Waals surface area (Å²) >= 11 is 0. The van der Waals surface area contributed by atoms with Gasteiger partial charge in [0.15, 0.2) is 0 Å². The molecule has 0 unspecified atom stereocenters. The molecule has 5 nitrogen and oxygen atoms in total. The molecule has 2 aliphatic rings. The fourth-order valence-corrected chi connectivity index (χ4v) is 4.51. The molecule has 0 aliphatic heterocycles. The van der Waals surface area contributed by atoms with Crippen LogP contribution >= 0.6 is 0 Å². The number of hydrogen-bond acceptors (Lipinski definition) is 3. The van der Waals surface area contributed by atoms with Crippen molar-refractivity contribution in [2.24, 2.45) is 22.9 Å². The van der Waals surface area contributed by atoms with Crippen molar-refractivity contribution in [1.29, 1.82) is 0 Å². The van der Waals surface area contributed by atoms with Crippen LogP contribution in [-0.4, -0.2) is 14.3 Å². The second kappa shape index (κ2) is 5.62. The number of halogens is 1. The van der Waals surface area contributed by atoms with Gasteiger partial charge < -0.3 is 5.32 Å². The number of nitrogens with one attached hydrogen (secondary N) is 1. The summed E-state index contributed by atoms with van der Waals surface area (Å²) in [7, 11) is -4.15. The van der Waals surface area contributed by atoms with Gasteiger partial charge in [-0.1, -0.05) is 6.42 Å². The number of carbonyl (C=O) groups excluding carboxylic acids is 1. The predicted molar refractivity (Wildman–Crippen MR) is 80.0 cm³/mol. The SMILES string of the molecule is NS(=O)(=O)c1cc(NC(=O)C[C@@H]2C[C@H]3CC[C@H]2C3)ccc1F. The van der Waals surface area contributed by atoms with E-state index in [0.717, 1.165) is 24.5 Å². The van der Waals surface area contributed by atoms with E-state index in [1.807, 2.05) is 0 Å². The monoisotopic (exact) mass is 326 g/mol. The number of primary sulfonamides is 1. The van der Waals surface area contributed by atoms with E-state index < -0.39 is 20.7 Å². The quantitative estimate of drug-likeness (QED) is 0.889. The van der Waals surface area contributed by atoms with Crippen molar-refractivity contribution in [1.82, 2.24) is 0 Å². The molecule has 2 saturated carbocycles. The predicted octanol–water partition coefficient (Wildman–Crippen LogP) is 2.24. The molecule has 2 bridgehead atoms. The highest BCUT2D eigenvalue weighted by atomic mass is 32.2. The fraction of sp³-hybridized carbons (Fsp3) is 0.533. The van der Waals surface area contributed by atoms with Gasteiger partial charge in [-0.25, -0.2) is 17.9 Å². The first kappa shape index (κ1) is 15.4. The molecule has 1 aromatic rings. The Morgan fingerprint density at radius 1 is 1.32 bits per heavy atom. The molecule has 7 heteroatoms.